The molecule has 110 valence electrons. The largest absolute Gasteiger partial charge is 0.398 e. The quantitative estimate of drug-likeness (QED) is 0.874. The molecule has 21 heavy (non-hydrogen) atoms. The fourth-order valence-electron chi connectivity index (χ4n) is 2.92. The van der Waals surface area contributed by atoms with E-state index >= 15 is 0 Å². The lowest BCUT2D eigenvalue weighted by Gasteiger charge is -2.24. The summed E-state index contributed by atoms with van der Waals surface area (Å²) < 4.78 is 0. The lowest BCUT2D eigenvalue weighted by atomic mass is 10.1. The van der Waals surface area contributed by atoms with Crippen LogP contribution in [0.3, 0.4) is 0 Å². The molecular weight excluding hydrogens is 262 g/mol. The highest BCUT2D eigenvalue weighted by molar-refractivity contribution is 5.99. The average Bonchev–Trinajstić information content (AvgIpc) is 2.46. The van der Waals surface area contributed by atoms with Gasteiger partial charge in [0.15, 0.2) is 0 Å². The zero-order chi connectivity index (χ0) is 14.7. The number of aromatic nitrogens is 1. The highest BCUT2D eigenvalue weighted by Crippen LogP contribution is 2.21. The molecule has 1 fully saturated rings. The number of nitrogen functional groups attached to an aromatic ring is 1. The standard InChI is InChI=1S/C17H21N3O/c18-14-12-16(19-15-9-5-4-8-13(14)15)17(21)20-10-6-2-1-3-7-11-20/h4-5,8-9,12H,1-3,6-7,10-11H2,(H2,18,19). The van der Waals surface area contributed by atoms with E-state index in [-0.39, 0.29) is 5.91 Å². The Morgan fingerprint density at radius 3 is 2.48 bits per heavy atom. The van der Waals surface area contributed by atoms with Crippen LogP contribution in [-0.2, 0) is 0 Å². The number of nitrogens with zero attached hydrogens (tertiary/aromatic N) is 2. The smallest absolute Gasteiger partial charge is 0.272 e. The number of pyridine rings is 1. The van der Waals surface area contributed by atoms with E-state index in [1.807, 2.05) is 29.2 Å². The number of hydrogen-bond acceptors (Lipinski definition) is 3. The van der Waals surface area contributed by atoms with E-state index in [0.717, 1.165) is 36.8 Å². The van der Waals surface area contributed by atoms with Gasteiger partial charge in [-0.25, -0.2) is 4.98 Å². The number of anilines is 1. The van der Waals surface area contributed by atoms with Crippen LogP contribution >= 0.6 is 0 Å². The van der Waals surface area contributed by atoms with E-state index in [4.69, 9.17) is 5.73 Å². The van der Waals surface area contributed by atoms with Crippen molar-refractivity contribution < 1.29 is 4.79 Å². The van der Waals surface area contributed by atoms with Gasteiger partial charge < -0.3 is 10.6 Å². The van der Waals surface area contributed by atoms with E-state index in [9.17, 15) is 4.79 Å². The molecule has 4 heteroatoms. The minimum Gasteiger partial charge on any atom is -0.398 e. The Hall–Kier alpha value is -2.10. The predicted octanol–water partition coefficient (Wildman–Crippen LogP) is 3.22. The van der Waals surface area contributed by atoms with Crippen LogP contribution in [0.2, 0.25) is 0 Å². The zero-order valence-corrected chi connectivity index (χ0v) is 12.2. The lowest BCUT2D eigenvalue weighted by Crippen LogP contribution is -2.34. The second-order valence-corrected chi connectivity index (χ2v) is 5.67. The SMILES string of the molecule is Nc1cc(C(=O)N2CCCCCCC2)nc2ccccc12. The maximum absolute atomic E-state index is 12.7. The molecule has 1 amide bonds. The van der Waals surface area contributed by atoms with Crippen LogP contribution in [-0.4, -0.2) is 28.9 Å². The predicted molar refractivity (Wildman–Crippen MR) is 85.1 cm³/mol. The van der Waals surface area contributed by atoms with E-state index in [2.05, 4.69) is 4.98 Å². The van der Waals surface area contributed by atoms with Gasteiger partial charge in [0.05, 0.1) is 5.52 Å². The number of amides is 1. The minimum absolute atomic E-state index is 0.00866. The molecule has 1 aromatic carbocycles. The number of para-hydroxylation sites is 1. The Kier molecular flexibility index (Phi) is 4.04. The first-order chi connectivity index (χ1) is 10.3. The molecule has 0 spiro atoms. The highest BCUT2D eigenvalue weighted by Gasteiger charge is 2.19. The van der Waals surface area contributed by atoms with Crippen molar-refractivity contribution in [2.75, 3.05) is 18.8 Å². The van der Waals surface area contributed by atoms with Gasteiger partial charge in [-0.3, -0.25) is 4.79 Å². The molecule has 2 N–H and O–H groups in total. The first kappa shape index (κ1) is 13.9. The molecular formula is C17H21N3O. The molecule has 3 rings (SSSR count). The van der Waals surface area contributed by atoms with Crippen LogP contribution in [0, 0.1) is 0 Å². The van der Waals surface area contributed by atoms with Crippen molar-refractivity contribution in [3.63, 3.8) is 0 Å². The molecule has 2 heterocycles. The third-order valence-corrected chi connectivity index (χ3v) is 4.11. The monoisotopic (exact) mass is 283 g/mol. The molecule has 2 aromatic rings. The van der Waals surface area contributed by atoms with Crippen molar-refractivity contribution in [1.82, 2.24) is 9.88 Å². The van der Waals surface area contributed by atoms with Gasteiger partial charge in [-0.1, -0.05) is 37.5 Å². The van der Waals surface area contributed by atoms with E-state index in [1.54, 1.807) is 6.07 Å². The van der Waals surface area contributed by atoms with Gasteiger partial charge in [-0.15, -0.1) is 0 Å². The number of likely N-dealkylation sites (tertiary alicyclic amines) is 1. The molecule has 0 bridgehead atoms. The van der Waals surface area contributed by atoms with Crippen molar-refractivity contribution in [1.29, 1.82) is 0 Å². The van der Waals surface area contributed by atoms with Gasteiger partial charge >= 0.3 is 0 Å². The third-order valence-electron chi connectivity index (χ3n) is 4.11. The Labute approximate surface area is 125 Å². The number of carbonyl (C=O) groups is 1. The number of hydrogen-bond donors (Lipinski definition) is 1. The van der Waals surface area contributed by atoms with Crippen LogP contribution in [0.5, 0.6) is 0 Å². The Morgan fingerprint density at radius 1 is 1.05 bits per heavy atom. The second-order valence-electron chi connectivity index (χ2n) is 5.67. The zero-order valence-electron chi connectivity index (χ0n) is 12.2. The normalized spacial score (nSPS) is 16.5. The fraction of sp³-hybridized carbons (Fsp3) is 0.412. The highest BCUT2D eigenvalue weighted by atomic mass is 16.2. The first-order valence-corrected chi connectivity index (χ1v) is 7.70. The number of carbonyl (C=O) groups excluding carboxylic acids is 1. The summed E-state index contributed by atoms with van der Waals surface area (Å²) in [6, 6.07) is 9.39. The summed E-state index contributed by atoms with van der Waals surface area (Å²) in [4.78, 5) is 19.1. The lowest BCUT2D eigenvalue weighted by molar-refractivity contribution is 0.0737. The second kappa shape index (κ2) is 6.12. The summed E-state index contributed by atoms with van der Waals surface area (Å²) in [5.41, 5.74) is 7.94. The molecule has 1 aliphatic rings. The molecule has 1 saturated heterocycles. The molecule has 4 nitrogen and oxygen atoms in total. The average molecular weight is 283 g/mol. The van der Waals surface area contributed by atoms with E-state index < -0.39 is 0 Å². The van der Waals surface area contributed by atoms with Gasteiger partial charge in [-0.05, 0) is 25.0 Å². The van der Waals surface area contributed by atoms with Crippen LogP contribution in [0.15, 0.2) is 30.3 Å². The molecule has 1 aliphatic heterocycles. The summed E-state index contributed by atoms with van der Waals surface area (Å²) in [5, 5.41) is 0.904. The van der Waals surface area contributed by atoms with Gasteiger partial charge in [0, 0.05) is 24.2 Å². The summed E-state index contributed by atoms with van der Waals surface area (Å²) >= 11 is 0. The summed E-state index contributed by atoms with van der Waals surface area (Å²) in [6.07, 6.45) is 5.85. The topological polar surface area (TPSA) is 59.2 Å². The van der Waals surface area contributed by atoms with Crippen LogP contribution in [0.25, 0.3) is 10.9 Å². The molecule has 1 aromatic heterocycles. The van der Waals surface area contributed by atoms with E-state index in [1.165, 1.54) is 19.3 Å². The van der Waals surface area contributed by atoms with Crippen molar-refractivity contribution in [3.05, 3.63) is 36.0 Å². The first-order valence-electron chi connectivity index (χ1n) is 7.70. The summed E-state index contributed by atoms with van der Waals surface area (Å²) in [5.74, 6) is 0.00866. The fourth-order valence-corrected chi connectivity index (χ4v) is 2.92. The number of fused-ring (bicyclic) bond motifs is 1. The summed E-state index contributed by atoms with van der Waals surface area (Å²) in [7, 11) is 0. The molecule has 0 atom stereocenters. The van der Waals surface area contributed by atoms with Gasteiger partial charge in [0.2, 0.25) is 0 Å². The number of benzene rings is 1. The molecule has 0 aliphatic carbocycles. The Balaban J connectivity index is 1.89. The number of rotatable bonds is 1. The van der Waals surface area contributed by atoms with Gasteiger partial charge in [-0.2, -0.15) is 0 Å². The van der Waals surface area contributed by atoms with Crippen molar-refractivity contribution >= 4 is 22.5 Å². The minimum atomic E-state index is 0.00866. The van der Waals surface area contributed by atoms with Crippen LogP contribution in [0.4, 0.5) is 5.69 Å². The Bertz CT molecular complexity index is 646. The van der Waals surface area contributed by atoms with E-state index in [0.29, 0.717) is 11.4 Å². The summed E-state index contributed by atoms with van der Waals surface area (Å²) in [6.45, 7) is 1.65. The maximum atomic E-state index is 12.7. The van der Waals surface area contributed by atoms with Crippen LogP contribution < -0.4 is 5.73 Å². The van der Waals surface area contributed by atoms with Crippen molar-refractivity contribution in [3.8, 4) is 0 Å². The van der Waals surface area contributed by atoms with Crippen molar-refractivity contribution in [2.24, 2.45) is 0 Å². The number of nitrogens with two attached hydrogens (primary N) is 1. The van der Waals surface area contributed by atoms with Gasteiger partial charge in [0.1, 0.15) is 5.69 Å². The van der Waals surface area contributed by atoms with Crippen molar-refractivity contribution in [2.45, 2.75) is 32.1 Å². The Morgan fingerprint density at radius 2 is 1.71 bits per heavy atom. The van der Waals surface area contributed by atoms with Gasteiger partial charge in [0.25, 0.3) is 5.91 Å². The maximum Gasteiger partial charge on any atom is 0.272 e. The molecule has 0 saturated carbocycles. The molecule has 0 unspecified atom stereocenters. The molecule has 0 radical (unpaired) electrons. The third kappa shape index (κ3) is 2.99. The van der Waals surface area contributed by atoms with Crippen LogP contribution in [0.1, 0.15) is 42.6 Å².